The molecule has 1 aliphatic rings. The fourth-order valence-electron chi connectivity index (χ4n) is 3.79. The van der Waals surface area contributed by atoms with Gasteiger partial charge in [0, 0.05) is 17.8 Å². The van der Waals surface area contributed by atoms with Crippen molar-refractivity contribution in [3.8, 4) is 0 Å². The van der Waals surface area contributed by atoms with Gasteiger partial charge in [-0.3, -0.25) is 9.48 Å². The maximum atomic E-state index is 12.6. The predicted molar refractivity (Wildman–Crippen MR) is 117 cm³/mol. The van der Waals surface area contributed by atoms with E-state index in [9.17, 15) is 4.79 Å². The highest BCUT2D eigenvalue weighted by Gasteiger charge is 2.19. The number of aryl methyl sites for hydroxylation is 1. The SMILES string of the molecule is Cc1nn(Cc2ccccc2)c(C)c1CNC(=O)c1cn(C2CCNCC2)nn1.Cl. The number of carbonyl (C=O) groups excluding carboxylic acids is 1. The fraction of sp³-hybridized carbons (Fsp3) is 0.429. The Morgan fingerprint density at radius 2 is 1.93 bits per heavy atom. The van der Waals surface area contributed by atoms with Gasteiger partial charge in [-0.15, -0.1) is 17.5 Å². The minimum Gasteiger partial charge on any atom is -0.346 e. The largest absolute Gasteiger partial charge is 0.346 e. The number of benzene rings is 1. The van der Waals surface area contributed by atoms with Crippen LogP contribution in [0.1, 0.15) is 51.9 Å². The van der Waals surface area contributed by atoms with Gasteiger partial charge in [-0.2, -0.15) is 5.10 Å². The number of hydrogen-bond donors (Lipinski definition) is 2. The molecule has 1 aromatic carbocycles. The molecule has 9 heteroatoms. The van der Waals surface area contributed by atoms with Crippen LogP contribution >= 0.6 is 12.4 Å². The first kappa shape index (κ1) is 22.0. The van der Waals surface area contributed by atoms with Crippen molar-refractivity contribution in [2.24, 2.45) is 0 Å². The fourth-order valence-corrected chi connectivity index (χ4v) is 3.79. The molecule has 30 heavy (non-hydrogen) atoms. The summed E-state index contributed by atoms with van der Waals surface area (Å²) in [5, 5.41) is 19.2. The Morgan fingerprint density at radius 3 is 2.67 bits per heavy atom. The molecule has 0 radical (unpaired) electrons. The van der Waals surface area contributed by atoms with E-state index in [4.69, 9.17) is 0 Å². The van der Waals surface area contributed by atoms with E-state index in [-0.39, 0.29) is 18.3 Å². The maximum Gasteiger partial charge on any atom is 0.273 e. The monoisotopic (exact) mass is 429 g/mol. The minimum atomic E-state index is -0.209. The van der Waals surface area contributed by atoms with Crippen LogP contribution in [0.5, 0.6) is 0 Å². The number of piperidine rings is 1. The van der Waals surface area contributed by atoms with E-state index in [2.05, 4.69) is 38.2 Å². The van der Waals surface area contributed by atoms with Crippen molar-refractivity contribution in [1.29, 1.82) is 0 Å². The molecule has 3 heterocycles. The van der Waals surface area contributed by atoms with Crippen molar-refractivity contribution in [3.63, 3.8) is 0 Å². The van der Waals surface area contributed by atoms with Crippen LogP contribution in [0.2, 0.25) is 0 Å². The Kier molecular flexibility index (Phi) is 7.23. The Morgan fingerprint density at radius 1 is 1.20 bits per heavy atom. The highest BCUT2D eigenvalue weighted by molar-refractivity contribution is 5.91. The van der Waals surface area contributed by atoms with Crippen molar-refractivity contribution in [2.45, 2.75) is 45.8 Å². The van der Waals surface area contributed by atoms with Gasteiger partial charge >= 0.3 is 0 Å². The van der Waals surface area contributed by atoms with Gasteiger partial charge in [0.2, 0.25) is 0 Å². The summed E-state index contributed by atoms with van der Waals surface area (Å²) in [5.41, 5.74) is 4.58. The Bertz CT molecular complexity index is 977. The summed E-state index contributed by atoms with van der Waals surface area (Å²) < 4.78 is 3.81. The zero-order valence-electron chi connectivity index (χ0n) is 17.3. The lowest BCUT2D eigenvalue weighted by molar-refractivity contribution is 0.0945. The second-order valence-electron chi connectivity index (χ2n) is 7.54. The average molecular weight is 430 g/mol. The molecule has 0 saturated carbocycles. The molecule has 0 atom stereocenters. The third-order valence-electron chi connectivity index (χ3n) is 5.56. The molecule has 1 fully saturated rings. The molecule has 0 aliphatic carbocycles. The van der Waals surface area contributed by atoms with E-state index < -0.39 is 0 Å². The number of halogens is 1. The molecule has 8 nitrogen and oxygen atoms in total. The molecule has 0 bridgehead atoms. The van der Waals surface area contributed by atoms with Crippen molar-refractivity contribution >= 4 is 18.3 Å². The van der Waals surface area contributed by atoms with E-state index in [1.807, 2.05) is 41.4 Å². The van der Waals surface area contributed by atoms with Crippen LogP contribution < -0.4 is 10.6 Å². The third kappa shape index (κ3) is 4.88. The summed E-state index contributed by atoms with van der Waals surface area (Å²) >= 11 is 0. The topological polar surface area (TPSA) is 89.7 Å². The van der Waals surface area contributed by atoms with Gasteiger partial charge in [0.05, 0.1) is 24.5 Å². The molecule has 3 aromatic rings. The van der Waals surface area contributed by atoms with Crippen LogP contribution in [0, 0.1) is 13.8 Å². The Balaban J connectivity index is 0.00000256. The summed E-state index contributed by atoms with van der Waals surface area (Å²) in [7, 11) is 0. The van der Waals surface area contributed by atoms with Crippen LogP contribution in [-0.4, -0.2) is 43.8 Å². The lowest BCUT2D eigenvalue weighted by atomic mass is 10.1. The molecule has 160 valence electrons. The number of nitrogens with one attached hydrogen (secondary N) is 2. The van der Waals surface area contributed by atoms with Gasteiger partial charge in [0.1, 0.15) is 0 Å². The molecule has 2 aromatic heterocycles. The number of rotatable bonds is 6. The first-order chi connectivity index (χ1) is 14.1. The molecule has 1 aliphatic heterocycles. The number of hydrogen-bond acceptors (Lipinski definition) is 5. The van der Waals surface area contributed by atoms with Crippen LogP contribution in [0.4, 0.5) is 0 Å². The molecular formula is C21H28ClN7O. The van der Waals surface area contributed by atoms with Crippen molar-refractivity contribution in [2.75, 3.05) is 13.1 Å². The number of aromatic nitrogens is 5. The lowest BCUT2D eigenvalue weighted by Crippen LogP contribution is -2.29. The van der Waals surface area contributed by atoms with E-state index in [0.717, 1.165) is 42.9 Å². The van der Waals surface area contributed by atoms with E-state index in [1.165, 1.54) is 5.56 Å². The van der Waals surface area contributed by atoms with Crippen LogP contribution in [-0.2, 0) is 13.1 Å². The molecule has 2 N–H and O–H groups in total. The first-order valence-corrected chi connectivity index (χ1v) is 10.1. The standard InChI is InChI=1S/C21H27N7O.ClH/c1-15-19(16(2)27(25-15)13-17-6-4-3-5-7-17)12-23-21(29)20-14-28(26-24-20)18-8-10-22-11-9-18;/h3-7,14,18,22H,8-13H2,1-2H3,(H,23,29);1H. The highest BCUT2D eigenvalue weighted by atomic mass is 35.5. The van der Waals surface area contributed by atoms with E-state index >= 15 is 0 Å². The first-order valence-electron chi connectivity index (χ1n) is 10.1. The number of amides is 1. The summed E-state index contributed by atoms with van der Waals surface area (Å²) in [6, 6.07) is 10.5. The summed E-state index contributed by atoms with van der Waals surface area (Å²) in [6.07, 6.45) is 3.76. The van der Waals surface area contributed by atoms with Gasteiger partial charge in [-0.25, -0.2) is 4.68 Å². The summed E-state index contributed by atoms with van der Waals surface area (Å²) in [4.78, 5) is 12.6. The van der Waals surface area contributed by atoms with Crippen LogP contribution in [0.25, 0.3) is 0 Å². The summed E-state index contributed by atoms with van der Waals surface area (Å²) in [6.45, 7) is 7.09. The van der Waals surface area contributed by atoms with E-state index in [1.54, 1.807) is 6.20 Å². The minimum absolute atomic E-state index is 0. The maximum absolute atomic E-state index is 12.6. The zero-order chi connectivity index (χ0) is 20.2. The molecular weight excluding hydrogens is 402 g/mol. The zero-order valence-corrected chi connectivity index (χ0v) is 18.2. The van der Waals surface area contributed by atoms with Crippen LogP contribution in [0.15, 0.2) is 36.5 Å². The normalized spacial score (nSPS) is 14.3. The van der Waals surface area contributed by atoms with Gasteiger partial charge in [-0.05, 0) is 45.3 Å². The Hall–Kier alpha value is -2.71. The summed E-state index contributed by atoms with van der Waals surface area (Å²) in [5.74, 6) is -0.209. The van der Waals surface area contributed by atoms with Crippen molar-refractivity contribution in [1.82, 2.24) is 35.4 Å². The molecule has 4 rings (SSSR count). The second-order valence-corrected chi connectivity index (χ2v) is 7.54. The van der Waals surface area contributed by atoms with Gasteiger partial charge < -0.3 is 10.6 Å². The highest BCUT2D eigenvalue weighted by Crippen LogP contribution is 2.18. The quantitative estimate of drug-likeness (QED) is 0.628. The van der Waals surface area contributed by atoms with Gasteiger partial charge in [0.25, 0.3) is 5.91 Å². The van der Waals surface area contributed by atoms with Crippen molar-refractivity contribution < 1.29 is 4.79 Å². The molecule has 0 unspecified atom stereocenters. The van der Waals surface area contributed by atoms with Gasteiger partial charge in [-0.1, -0.05) is 35.5 Å². The lowest BCUT2D eigenvalue weighted by Gasteiger charge is -2.22. The smallest absolute Gasteiger partial charge is 0.273 e. The van der Waals surface area contributed by atoms with Gasteiger partial charge in [0.15, 0.2) is 5.69 Å². The second kappa shape index (κ2) is 9.86. The van der Waals surface area contributed by atoms with Crippen LogP contribution in [0.3, 0.4) is 0 Å². The molecule has 1 amide bonds. The Labute approximate surface area is 182 Å². The average Bonchev–Trinajstić information content (AvgIpc) is 3.34. The molecule has 0 spiro atoms. The number of nitrogens with zero attached hydrogens (tertiary/aromatic N) is 5. The van der Waals surface area contributed by atoms with E-state index in [0.29, 0.717) is 24.8 Å². The third-order valence-corrected chi connectivity index (χ3v) is 5.56. The van der Waals surface area contributed by atoms with Crippen molar-refractivity contribution in [3.05, 3.63) is 64.7 Å². The number of carbonyl (C=O) groups is 1. The predicted octanol–water partition coefficient (Wildman–Crippen LogP) is 2.42. The molecule has 1 saturated heterocycles.